The van der Waals surface area contributed by atoms with Crippen molar-refractivity contribution in [3.63, 3.8) is 0 Å². The third kappa shape index (κ3) is 4.91. The fourth-order valence-corrected chi connectivity index (χ4v) is 4.59. The fourth-order valence-electron chi connectivity index (χ4n) is 3.15. The molecule has 0 unspecified atom stereocenters. The summed E-state index contributed by atoms with van der Waals surface area (Å²) in [5.41, 5.74) is 1.57. The maximum Gasteiger partial charge on any atom is 0.264 e. The lowest BCUT2D eigenvalue weighted by Crippen LogP contribution is -2.42. The predicted octanol–water partition coefficient (Wildman–Crippen LogP) is 2.74. The lowest BCUT2D eigenvalue weighted by atomic mass is 10.1. The third-order valence-electron chi connectivity index (χ3n) is 4.80. The molecular weight excluding hydrogens is 376 g/mol. The molecule has 0 radical (unpaired) electrons. The van der Waals surface area contributed by atoms with E-state index < -0.39 is 10.0 Å². The van der Waals surface area contributed by atoms with E-state index in [9.17, 15) is 13.2 Å². The lowest BCUT2D eigenvalue weighted by Gasteiger charge is -2.24. The first-order valence-electron chi connectivity index (χ1n) is 9.55. The van der Waals surface area contributed by atoms with Gasteiger partial charge in [-0.25, -0.2) is 8.42 Å². The van der Waals surface area contributed by atoms with Gasteiger partial charge >= 0.3 is 0 Å². The summed E-state index contributed by atoms with van der Waals surface area (Å²) in [5.74, 6) is -0.352. The van der Waals surface area contributed by atoms with E-state index in [1.165, 1.54) is 12.1 Å². The lowest BCUT2D eigenvalue weighted by molar-refractivity contribution is -0.120. The topological polar surface area (TPSA) is 75.7 Å². The van der Waals surface area contributed by atoms with Crippen LogP contribution in [0, 0.1) is 0 Å². The average Bonchev–Trinajstić information content (AvgIpc) is 3.25. The number of anilines is 1. The van der Waals surface area contributed by atoms with E-state index in [-0.39, 0.29) is 23.5 Å². The van der Waals surface area contributed by atoms with Crippen LogP contribution in [0.25, 0.3) is 0 Å². The van der Waals surface area contributed by atoms with Gasteiger partial charge in [0.15, 0.2) is 0 Å². The molecule has 2 aromatic rings. The summed E-state index contributed by atoms with van der Waals surface area (Å²) in [6.45, 7) is 2.85. The highest BCUT2D eigenvalue weighted by molar-refractivity contribution is 7.92. The number of sulfonamides is 1. The molecule has 0 aromatic heterocycles. The van der Waals surface area contributed by atoms with Crippen LogP contribution >= 0.6 is 0 Å². The maximum absolute atomic E-state index is 13.2. The van der Waals surface area contributed by atoms with Crippen molar-refractivity contribution in [3.05, 3.63) is 60.2 Å². The minimum atomic E-state index is -3.86. The first-order valence-corrected chi connectivity index (χ1v) is 11.0. The van der Waals surface area contributed by atoms with Crippen molar-refractivity contribution in [2.24, 2.45) is 0 Å². The Morgan fingerprint density at radius 1 is 1.14 bits per heavy atom. The predicted molar refractivity (Wildman–Crippen MR) is 109 cm³/mol. The van der Waals surface area contributed by atoms with Gasteiger partial charge in [0, 0.05) is 13.2 Å². The van der Waals surface area contributed by atoms with E-state index in [0.29, 0.717) is 18.8 Å². The Bertz CT molecular complexity index is 876. The SMILES string of the molecule is CCc1ccc(N(CC(=O)NC[C@H]2CCCO2)S(=O)(=O)c2ccccc2)cc1. The summed E-state index contributed by atoms with van der Waals surface area (Å²) in [4.78, 5) is 12.7. The van der Waals surface area contributed by atoms with E-state index in [1.807, 2.05) is 19.1 Å². The normalized spacial score (nSPS) is 16.7. The van der Waals surface area contributed by atoms with Crippen molar-refractivity contribution >= 4 is 21.6 Å². The zero-order valence-electron chi connectivity index (χ0n) is 16.0. The number of nitrogens with zero attached hydrogens (tertiary/aromatic N) is 1. The molecule has 1 aliphatic rings. The number of carbonyl (C=O) groups is 1. The van der Waals surface area contributed by atoms with Gasteiger partial charge in [-0.3, -0.25) is 9.10 Å². The quantitative estimate of drug-likeness (QED) is 0.737. The third-order valence-corrected chi connectivity index (χ3v) is 6.59. The number of nitrogens with one attached hydrogen (secondary N) is 1. The molecule has 1 N–H and O–H groups in total. The highest BCUT2D eigenvalue weighted by Crippen LogP contribution is 2.24. The molecule has 1 fully saturated rings. The number of amides is 1. The number of aryl methyl sites for hydroxylation is 1. The Morgan fingerprint density at radius 2 is 1.86 bits per heavy atom. The molecule has 1 atom stereocenters. The van der Waals surface area contributed by atoms with E-state index in [4.69, 9.17) is 4.74 Å². The van der Waals surface area contributed by atoms with Crippen LogP contribution in [0.15, 0.2) is 59.5 Å². The van der Waals surface area contributed by atoms with E-state index in [2.05, 4.69) is 5.32 Å². The Labute approximate surface area is 166 Å². The highest BCUT2D eigenvalue weighted by atomic mass is 32.2. The Hall–Kier alpha value is -2.38. The number of ether oxygens (including phenoxy) is 1. The van der Waals surface area contributed by atoms with Crippen molar-refractivity contribution in [2.75, 3.05) is 24.0 Å². The summed E-state index contributed by atoms with van der Waals surface area (Å²) in [7, 11) is -3.86. The zero-order valence-corrected chi connectivity index (χ0v) is 16.8. The van der Waals surface area contributed by atoms with Gasteiger partial charge in [-0.1, -0.05) is 37.3 Å². The molecule has 0 spiro atoms. The maximum atomic E-state index is 13.2. The second-order valence-corrected chi connectivity index (χ2v) is 8.65. The molecule has 1 saturated heterocycles. The minimum absolute atomic E-state index is 0.00645. The van der Waals surface area contributed by atoms with Gasteiger partial charge in [-0.05, 0) is 49.1 Å². The Balaban J connectivity index is 1.82. The van der Waals surface area contributed by atoms with Crippen LogP contribution in [0.1, 0.15) is 25.3 Å². The van der Waals surface area contributed by atoms with Crippen LogP contribution in [0.3, 0.4) is 0 Å². The number of hydrogen-bond donors (Lipinski definition) is 1. The summed E-state index contributed by atoms with van der Waals surface area (Å²) < 4.78 is 33.1. The molecule has 150 valence electrons. The number of rotatable bonds is 8. The molecule has 1 heterocycles. The molecule has 1 amide bonds. The van der Waals surface area contributed by atoms with Crippen molar-refractivity contribution in [1.29, 1.82) is 0 Å². The largest absolute Gasteiger partial charge is 0.376 e. The van der Waals surface area contributed by atoms with Gasteiger partial charge in [-0.2, -0.15) is 0 Å². The van der Waals surface area contributed by atoms with Crippen molar-refractivity contribution < 1.29 is 17.9 Å². The smallest absolute Gasteiger partial charge is 0.264 e. The van der Waals surface area contributed by atoms with Gasteiger partial charge in [0.1, 0.15) is 6.54 Å². The molecule has 3 rings (SSSR count). The Morgan fingerprint density at radius 3 is 2.46 bits per heavy atom. The van der Waals surface area contributed by atoms with Crippen molar-refractivity contribution in [3.8, 4) is 0 Å². The number of carbonyl (C=O) groups excluding carboxylic acids is 1. The summed E-state index contributed by atoms with van der Waals surface area (Å²) in [6, 6.07) is 15.4. The van der Waals surface area contributed by atoms with E-state index in [1.54, 1.807) is 30.3 Å². The monoisotopic (exact) mass is 402 g/mol. The molecule has 0 saturated carbocycles. The van der Waals surface area contributed by atoms with Crippen LogP contribution in [-0.2, 0) is 26.0 Å². The van der Waals surface area contributed by atoms with Gasteiger partial charge in [0.2, 0.25) is 5.91 Å². The first-order chi connectivity index (χ1) is 13.5. The number of hydrogen-bond acceptors (Lipinski definition) is 4. The van der Waals surface area contributed by atoms with E-state index >= 15 is 0 Å². The van der Waals surface area contributed by atoms with Crippen LogP contribution in [0.2, 0.25) is 0 Å². The highest BCUT2D eigenvalue weighted by Gasteiger charge is 2.27. The molecule has 6 nitrogen and oxygen atoms in total. The molecule has 0 bridgehead atoms. The van der Waals surface area contributed by atoms with Crippen LogP contribution < -0.4 is 9.62 Å². The Kier molecular flexibility index (Phi) is 6.70. The zero-order chi connectivity index (χ0) is 20.0. The molecule has 7 heteroatoms. The fraction of sp³-hybridized carbons (Fsp3) is 0.381. The van der Waals surface area contributed by atoms with Gasteiger partial charge in [-0.15, -0.1) is 0 Å². The van der Waals surface area contributed by atoms with Crippen molar-refractivity contribution in [1.82, 2.24) is 5.32 Å². The van der Waals surface area contributed by atoms with Crippen LogP contribution in [0.5, 0.6) is 0 Å². The van der Waals surface area contributed by atoms with Crippen LogP contribution in [-0.4, -0.2) is 40.1 Å². The second kappa shape index (κ2) is 9.21. The van der Waals surface area contributed by atoms with Gasteiger partial charge in [0.05, 0.1) is 16.7 Å². The molecular formula is C21H26N2O4S. The number of benzene rings is 2. The summed E-state index contributed by atoms with van der Waals surface area (Å²) in [5, 5.41) is 2.80. The van der Waals surface area contributed by atoms with Crippen molar-refractivity contribution in [2.45, 2.75) is 37.2 Å². The van der Waals surface area contributed by atoms with Crippen LogP contribution in [0.4, 0.5) is 5.69 Å². The molecule has 28 heavy (non-hydrogen) atoms. The minimum Gasteiger partial charge on any atom is -0.376 e. The first kappa shape index (κ1) is 20.4. The molecule has 2 aromatic carbocycles. The molecule has 0 aliphatic carbocycles. The average molecular weight is 403 g/mol. The van der Waals surface area contributed by atoms with Gasteiger partial charge < -0.3 is 10.1 Å². The second-order valence-electron chi connectivity index (χ2n) is 6.78. The summed E-state index contributed by atoms with van der Waals surface area (Å²) >= 11 is 0. The van der Waals surface area contributed by atoms with Gasteiger partial charge in [0.25, 0.3) is 10.0 Å². The van der Waals surface area contributed by atoms with E-state index in [0.717, 1.165) is 29.1 Å². The summed E-state index contributed by atoms with van der Waals surface area (Å²) in [6.07, 6.45) is 2.75. The molecule has 1 aliphatic heterocycles. The standard InChI is InChI=1S/C21H26N2O4S/c1-2-17-10-12-18(13-11-17)23(28(25,26)20-8-4-3-5-9-20)16-21(24)22-15-19-7-6-14-27-19/h3-5,8-13,19H,2,6-7,14-16H2,1H3,(H,22,24)/t19-/m1/s1.